The zero-order valence-corrected chi connectivity index (χ0v) is 17.9. The molecule has 0 saturated heterocycles. The van der Waals surface area contributed by atoms with Crippen LogP contribution < -0.4 is 0 Å². The minimum atomic E-state index is -0.157. The van der Waals surface area contributed by atoms with E-state index >= 15 is 0 Å². The van der Waals surface area contributed by atoms with Crippen molar-refractivity contribution >= 4 is 5.97 Å². The van der Waals surface area contributed by atoms with Crippen LogP contribution >= 0.6 is 0 Å². The van der Waals surface area contributed by atoms with Crippen LogP contribution in [0.2, 0.25) is 0 Å². The molecule has 0 aliphatic carbocycles. The average Bonchev–Trinajstić information content (AvgIpc) is 2.62. The fraction of sp³-hybridized carbons (Fsp3) is 0.875. The first-order valence-electron chi connectivity index (χ1n) is 11.6. The van der Waals surface area contributed by atoms with Gasteiger partial charge in [0, 0.05) is 6.92 Å². The molecule has 0 fully saturated rings. The fourth-order valence-electron chi connectivity index (χ4n) is 3.27. The zero-order valence-electron chi connectivity index (χ0n) is 17.9. The highest BCUT2D eigenvalue weighted by molar-refractivity contribution is 5.65. The Morgan fingerprint density at radius 1 is 0.615 bits per heavy atom. The van der Waals surface area contributed by atoms with Gasteiger partial charge in [-0.2, -0.15) is 0 Å². The van der Waals surface area contributed by atoms with Crippen LogP contribution in [0.3, 0.4) is 0 Å². The Morgan fingerprint density at radius 3 is 1.42 bits per heavy atom. The van der Waals surface area contributed by atoms with Gasteiger partial charge in [-0.1, -0.05) is 103 Å². The second-order valence-corrected chi connectivity index (χ2v) is 7.69. The Bertz CT molecular complexity index is 309. The average molecular weight is 367 g/mol. The van der Waals surface area contributed by atoms with Crippen LogP contribution in [-0.2, 0) is 9.53 Å². The number of esters is 1. The summed E-state index contributed by atoms with van der Waals surface area (Å²) >= 11 is 0. The van der Waals surface area contributed by atoms with Crippen molar-refractivity contribution in [2.75, 3.05) is 6.61 Å². The number of carbonyl (C=O) groups excluding carboxylic acids is 1. The normalized spacial score (nSPS) is 11.3. The largest absolute Gasteiger partial charge is 0.466 e. The van der Waals surface area contributed by atoms with Crippen LogP contribution in [0.25, 0.3) is 0 Å². The van der Waals surface area contributed by atoms with E-state index < -0.39 is 0 Å². The van der Waals surface area contributed by atoms with Crippen LogP contribution in [0.4, 0.5) is 0 Å². The second-order valence-electron chi connectivity index (χ2n) is 7.69. The molecule has 0 saturated carbocycles. The number of carbonyl (C=O) groups is 1. The third kappa shape index (κ3) is 23.2. The summed E-state index contributed by atoms with van der Waals surface area (Å²) in [4.78, 5) is 10.6. The quantitative estimate of drug-likeness (QED) is 0.123. The van der Waals surface area contributed by atoms with Crippen molar-refractivity contribution < 1.29 is 9.53 Å². The number of hydrogen-bond acceptors (Lipinski definition) is 2. The Hall–Kier alpha value is -0.790. The Kier molecular flexibility index (Phi) is 21.6. The van der Waals surface area contributed by atoms with Crippen LogP contribution in [0.5, 0.6) is 0 Å². The van der Waals surface area contributed by atoms with Gasteiger partial charge in [-0.25, -0.2) is 0 Å². The Balaban J connectivity index is 3.07. The molecule has 0 spiro atoms. The molecular formula is C24H46O2. The predicted molar refractivity (Wildman–Crippen MR) is 115 cm³/mol. The first-order chi connectivity index (χ1) is 12.8. The standard InChI is InChI=1S/C24H46O2/c1-3-4-5-6-7-8-9-10-11-12-13-14-15-16-17-18-19-20-21-22-23-26-24(2)25/h13-14H,3-12,15-23H2,1-2H3. The Labute approximate surface area is 164 Å². The molecule has 0 aliphatic heterocycles. The summed E-state index contributed by atoms with van der Waals surface area (Å²) in [7, 11) is 0. The van der Waals surface area contributed by atoms with Gasteiger partial charge in [-0.15, -0.1) is 0 Å². The highest BCUT2D eigenvalue weighted by Crippen LogP contribution is 2.12. The van der Waals surface area contributed by atoms with Crippen molar-refractivity contribution in [2.45, 2.75) is 129 Å². The van der Waals surface area contributed by atoms with Gasteiger partial charge in [0.05, 0.1) is 6.61 Å². The summed E-state index contributed by atoms with van der Waals surface area (Å²) in [6, 6.07) is 0. The first kappa shape index (κ1) is 25.2. The minimum absolute atomic E-state index is 0.157. The molecule has 26 heavy (non-hydrogen) atoms. The van der Waals surface area contributed by atoms with Crippen molar-refractivity contribution in [3.8, 4) is 0 Å². The maximum Gasteiger partial charge on any atom is 0.302 e. The van der Waals surface area contributed by atoms with Crippen LogP contribution in [-0.4, -0.2) is 12.6 Å². The van der Waals surface area contributed by atoms with Crippen LogP contribution in [0.15, 0.2) is 12.2 Å². The van der Waals surface area contributed by atoms with Gasteiger partial charge in [0.15, 0.2) is 0 Å². The van der Waals surface area contributed by atoms with E-state index in [1.54, 1.807) is 0 Å². The van der Waals surface area contributed by atoms with Gasteiger partial charge in [-0.05, 0) is 32.1 Å². The summed E-state index contributed by atoms with van der Waals surface area (Å²) in [5, 5.41) is 0. The zero-order chi connectivity index (χ0) is 19.1. The number of rotatable bonds is 20. The molecule has 0 N–H and O–H groups in total. The lowest BCUT2D eigenvalue weighted by molar-refractivity contribution is -0.141. The van der Waals surface area contributed by atoms with E-state index in [1.807, 2.05) is 0 Å². The topological polar surface area (TPSA) is 26.3 Å². The van der Waals surface area contributed by atoms with Gasteiger partial charge < -0.3 is 4.74 Å². The summed E-state index contributed by atoms with van der Waals surface area (Å²) < 4.78 is 4.93. The van der Waals surface area contributed by atoms with Crippen LogP contribution in [0, 0.1) is 0 Å². The van der Waals surface area contributed by atoms with E-state index in [1.165, 1.54) is 116 Å². The molecule has 0 bridgehead atoms. The fourth-order valence-corrected chi connectivity index (χ4v) is 3.27. The molecule has 0 aromatic rings. The van der Waals surface area contributed by atoms with E-state index in [9.17, 15) is 4.79 Å². The number of hydrogen-bond donors (Lipinski definition) is 0. The van der Waals surface area contributed by atoms with Crippen LogP contribution in [0.1, 0.15) is 129 Å². The molecule has 154 valence electrons. The Morgan fingerprint density at radius 2 is 1.00 bits per heavy atom. The van der Waals surface area contributed by atoms with Crippen molar-refractivity contribution in [3.05, 3.63) is 12.2 Å². The van der Waals surface area contributed by atoms with E-state index in [2.05, 4.69) is 19.1 Å². The highest BCUT2D eigenvalue weighted by atomic mass is 16.5. The lowest BCUT2D eigenvalue weighted by atomic mass is 10.1. The summed E-state index contributed by atoms with van der Waals surface area (Å²) in [5.74, 6) is -0.157. The molecule has 0 heterocycles. The lowest BCUT2D eigenvalue weighted by Gasteiger charge is -2.02. The molecular weight excluding hydrogens is 320 g/mol. The molecule has 0 radical (unpaired) electrons. The third-order valence-corrected chi connectivity index (χ3v) is 4.96. The predicted octanol–water partition coefficient (Wildman–Crippen LogP) is 8.15. The molecule has 0 atom stereocenters. The van der Waals surface area contributed by atoms with Gasteiger partial charge >= 0.3 is 5.97 Å². The molecule has 0 aromatic heterocycles. The maximum absolute atomic E-state index is 10.6. The molecule has 0 unspecified atom stereocenters. The maximum atomic E-state index is 10.6. The van der Waals surface area contributed by atoms with Gasteiger partial charge in [-0.3, -0.25) is 4.79 Å². The second kappa shape index (κ2) is 22.3. The minimum Gasteiger partial charge on any atom is -0.466 e. The number of allylic oxidation sites excluding steroid dienone is 2. The van der Waals surface area contributed by atoms with Gasteiger partial charge in [0.25, 0.3) is 0 Å². The number of ether oxygens (including phenoxy) is 1. The molecule has 2 nitrogen and oxygen atoms in total. The highest BCUT2D eigenvalue weighted by Gasteiger charge is 1.94. The smallest absolute Gasteiger partial charge is 0.302 e. The van der Waals surface area contributed by atoms with Crippen molar-refractivity contribution in [1.82, 2.24) is 0 Å². The first-order valence-corrected chi connectivity index (χ1v) is 11.6. The van der Waals surface area contributed by atoms with Crippen molar-refractivity contribution in [2.24, 2.45) is 0 Å². The number of unbranched alkanes of at least 4 members (excludes halogenated alkanes) is 16. The molecule has 0 aromatic carbocycles. The van der Waals surface area contributed by atoms with E-state index in [-0.39, 0.29) is 5.97 Å². The molecule has 0 aliphatic rings. The van der Waals surface area contributed by atoms with E-state index in [4.69, 9.17) is 4.74 Å². The van der Waals surface area contributed by atoms with Gasteiger partial charge in [0.2, 0.25) is 0 Å². The molecule has 2 heteroatoms. The van der Waals surface area contributed by atoms with Crippen molar-refractivity contribution in [1.29, 1.82) is 0 Å². The summed E-state index contributed by atoms with van der Waals surface area (Å²) in [6.45, 7) is 4.36. The van der Waals surface area contributed by atoms with E-state index in [0.717, 1.165) is 6.42 Å². The SMILES string of the molecule is CCCCCCCCCCCC=CCCCCCCCCCOC(C)=O. The van der Waals surface area contributed by atoms with Gasteiger partial charge in [0.1, 0.15) is 0 Å². The third-order valence-electron chi connectivity index (χ3n) is 4.96. The monoisotopic (exact) mass is 366 g/mol. The summed E-state index contributed by atoms with van der Waals surface area (Å²) in [5.41, 5.74) is 0. The van der Waals surface area contributed by atoms with E-state index in [0.29, 0.717) is 6.61 Å². The molecule has 0 rings (SSSR count). The summed E-state index contributed by atoms with van der Waals surface area (Å²) in [6.07, 6.45) is 28.9. The molecule has 0 amide bonds. The van der Waals surface area contributed by atoms with Crippen molar-refractivity contribution in [3.63, 3.8) is 0 Å². The lowest BCUT2D eigenvalue weighted by Crippen LogP contribution is -1.99.